The summed E-state index contributed by atoms with van der Waals surface area (Å²) in [5, 5.41) is 0. The van der Waals surface area contributed by atoms with Crippen molar-refractivity contribution in [2.24, 2.45) is 5.92 Å². The molecule has 1 aromatic rings. The van der Waals surface area contributed by atoms with E-state index in [-0.39, 0.29) is 5.91 Å². The summed E-state index contributed by atoms with van der Waals surface area (Å²) in [4.78, 5) is 14.5. The van der Waals surface area contributed by atoms with Gasteiger partial charge in [-0.1, -0.05) is 13.0 Å². The molecule has 1 aromatic carbocycles. The van der Waals surface area contributed by atoms with E-state index in [0.717, 1.165) is 36.4 Å². The van der Waals surface area contributed by atoms with E-state index in [4.69, 9.17) is 4.74 Å². The lowest BCUT2D eigenvalue weighted by Gasteiger charge is -2.31. The van der Waals surface area contributed by atoms with Crippen molar-refractivity contribution in [3.8, 4) is 5.75 Å². The van der Waals surface area contributed by atoms with Crippen LogP contribution in [0.15, 0.2) is 30.9 Å². The Hall–Kier alpha value is -1.77. The fraction of sp³-hybridized carbons (Fsp3) is 0.471. The second-order valence-corrected chi connectivity index (χ2v) is 5.52. The molecule has 1 fully saturated rings. The maximum Gasteiger partial charge on any atom is 0.253 e. The Morgan fingerprint density at radius 2 is 2.35 bits per heavy atom. The van der Waals surface area contributed by atoms with Crippen molar-refractivity contribution in [2.75, 3.05) is 20.2 Å². The lowest BCUT2D eigenvalue weighted by atomic mass is 9.99. The van der Waals surface area contributed by atoms with E-state index in [1.54, 1.807) is 7.11 Å². The van der Waals surface area contributed by atoms with Crippen LogP contribution in [-0.2, 0) is 6.42 Å². The number of hydrogen-bond acceptors (Lipinski definition) is 2. The minimum atomic E-state index is 0.129. The Bertz CT molecular complexity index is 496. The van der Waals surface area contributed by atoms with Crippen LogP contribution in [0.4, 0.5) is 0 Å². The zero-order valence-corrected chi connectivity index (χ0v) is 12.4. The Kier molecular flexibility index (Phi) is 4.83. The molecule has 1 aliphatic heterocycles. The molecule has 2 rings (SSSR count). The summed E-state index contributed by atoms with van der Waals surface area (Å²) in [7, 11) is 1.65. The van der Waals surface area contributed by atoms with Crippen LogP contribution in [0.25, 0.3) is 0 Å². The van der Waals surface area contributed by atoms with E-state index >= 15 is 0 Å². The van der Waals surface area contributed by atoms with Gasteiger partial charge in [0.2, 0.25) is 0 Å². The van der Waals surface area contributed by atoms with Gasteiger partial charge >= 0.3 is 0 Å². The zero-order chi connectivity index (χ0) is 14.5. The topological polar surface area (TPSA) is 29.5 Å². The van der Waals surface area contributed by atoms with Gasteiger partial charge in [0, 0.05) is 18.7 Å². The van der Waals surface area contributed by atoms with Crippen LogP contribution >= 0.6 is 0 Å². The molecule has 0 saturated carbocycles. The van der Waals surface area contributed by atoms with Gasteiger partial charge in [-0.3, -0.25) is 4.79 Å². The zero-order valence-electron chi connectivity index (χ0n) is 12.4. The van der Waals surface area contributed by atoms with Gasteiger partial charge in [0.15, 0.2) is 0 Å². The van der Waals surface area contributed by atoms with Gasteiger partial charge in [-0.15, -0.1) is 6.58 Å². The quantitative estimate of drug-likeness (QED) is 0.788. The molecular weight excluding hydrogens is 250 g/mol. The average Bonchev–Trinajstić information content (AvgIpc) is 2.47. The van der Waals surface area contributed by atoms with Gasteiger partial charge in [0.05, 0.1) is 7.11 Å². The summed E-state index contributed by atoms with van der Waals surface area (Å²) in [6.07, 6.45) is 4.85. The Labute approximate surface area is 121 Å². The summed E-state index contributed by atoms with van der Waals surface area (Å²) >= 11 is 0. The van der Waals surface area contributed by atoms with Crippen molar-refractivity contribution in [1.29, 1.82) is 0 Å². The molecule has 1 amide bonds. The molecule has 0 aliphatic carbocycles. The van der Waals surface area contributed by atoms with Gasteiger partial charge in [-0.2, -0.15) is 0 Å². The number of rotatable bonds is 4. The van der Waals surface area contributed by atoms with E-state index in [9.17, 15) is 4.79 Å². The average molecular weight is 273 g/mol. The van der Waals surface area contributed by atoms with Crippen molar-refractivity contribution in [2.45, 2.75) is 26.2 Å². The lowest BCUT2D eigenvalue weighted by Crippen LogP contribution is -2.39. The molecule has 1 atom stereocenters. The van der Waals surface area contributed by atoms with Crippen LogP contribution in [0.2, 0.25) is 0 Å². The fourth-order valence-electron chi connectivity index (χ4n) is 2.78. The van der Waals surface area contributed by atoms with Crippen LogP contribution < -0.4 is 4.74 Å². The van der Waals surface area contributed by atoms with Crippen molar-refractivity contribution in [3.05, 3.63) is 42.0 Å². The smallest absolute Gasteiger partial charge is 0.253 e. The van der Waals surface area contributed by atoms with E-state index in [0.29, 0.717) is 12.3 Å². The number of allylic oxidation sites excluding steroid dienone is 1. The number of methoxy groups -OCH3 is 1. The lowest BCUT2D eigenvalue weighted by molar-refractivity contribution is 0.0683. The molecular formula is C17H23NO2. The summed E-state index contributed by atoms with van der Waals surface area (Å²) in [6, 6.07) is 5.66. The molecule has 0 aromatic heterocycles. The predicted molar refractivity (Wildman–Crippen MR) is 81.2 cm³/mol. The third-order valence-corrected chi connectivity index (χ3v) is 3.84. The van der Waals surface area contributed by atoms with Crippen LogP contribution in [-0.4, -0.2) is 31.0 Å². The van der Waals surface area contributed by atoms with Crippen molar-refractivity contribution in [1.82, 2.24) is 4.90 Å². The van der Waals surface area contributed by atoms with Gasteiger partial charge in [0.1, 0.15) is 5.75 Å². The van der Waals surface area contributed by atoms with Crippen LogP contribution in [0.5, 0.6) is 5.75 Å². The first-order valence-electron chi connectivity index (χ1n) is 7.22. The summed E-state index contributed by atoms with van der Waals surface area (Å²) < 4.78 is 5.32. The highest BCUT2D eigenvalue weighted by molar-refractivity contribution is 5.94. The van der Waals surface area contributed by atoms with E-state index in [1.807, 2.05) is 29.2 Å². The second kappa shape index (κ2) is 6.60. The third kappa shape index (κ3) is 3.21. The monoisotopic (exact) mass is 273 g/mol. The summed E-state index contributed by atoms with van der Waals surface area (Å²) in [6.45, 7) is 7.69. The molecule has 0 bridgehead atoms. The van der Waals surface area contributed by atoms with E-state index in [1.165, 1.54) is 6.42 Å². The Morgan fingerprint density at radius 1 is 1.55 bits per heavy atom. The number of carbonyl (C=O) groups excluding carboxylic acids is 1. The van der Waals surface area contributed by atoms with Gasteiger partial charge in [-0.05, 0) is 48.9 Å². The highest BCUT2D eigenvalue weighted by Crippen LogP contribution is 2.23. The largest absolute Gasteiger partial charge is 0.496 e. The number of likely N-dealkylation sites (tertiary alicyclic amines) is 1. The minimum Gasteiger partial charge on any atom is -0.496 e. The number of benzene rings is 1. The number of ether oxygens (including phenoxy) is 1. The number of hydrogen-bond donors (Lipinski definition) is 0. The Balaban J connectivity index is 2.21. The van der Waals surface area contributed by atoms with Crippen molar-refractivity contribution in [3.63, 3.8) is 0 Å². The second-order valence-electron chi connectivity index (χ2n) is 5.52. The number of amides is 1. The molecule has 1 aliphatic rings. The highest BCUT2D eigenvalue weighted by atomic mass is 16.5. The first-order valence-corrected chi connectivity index (χ1v) is 7.22. The van der Waals surface area contributed by atoms with E-state index in [2.05, 4.69) is 13.5 Å². The first-order chi connectivity index (χ1) is 9.65. The molecule has 20 heavy (non-hydrogen) atoms. The molecule has 1 saturated heterocycles. The molecule has 3 nitrogen and oxygen atoms in total. The fourth-order valence-corrected chi connectivity index (χ4v) is 2.78. The third-order valence-electron chi connectivity index (χ3n) is 3.84. The van der Waals surface area contributed by atoms with Crippen molar-refractivity contribution < 1.29 is 9.53 Å². The predicted octanol–water partition coefficient (Wildman–Crippen LogP) is 3.30. The van der Waals surface area contributed by atoms with Crippen LogP contribution in [0.3, 0.4) is 0 Å². The maximum absolute atomic E-state index is 12.6. The van der Waals surface area contributed by atoms with Crippen LogP contribution in [0, 0.1) is 5.92 Å². The molecule has 0 N–H and O–H groups in total. The van der Waals surface area contributed by atoms with Crippen LogP contribution in [0.1, 0.15) is 35.7 Å². The molecule has 1 heterocycles. The molecule has 3 heteroatoms. The van der Waals surface area contributed by atoms with Gasteiger partial charge in [-0.25, -0.2) is 0 Å². The highest BCUT2D eigenvalue weighted by Gasteiger charge is 2.22. The number of nitrogens with zero attached hydrogens (tertiary/aromatic N) is 1. The SMILES string of the molecule is C=CCc1cc(C(=O)N2CCC[C@H](C)C2)ccc1OC. The van der Waals surface area contributed by atoms with E-state index < -0.39 is 0 Å². The number of carbonyl (C=O) groups is 1. The molecule has 0 spiro atoms. The Morgan fingerprint density at radius 3 is 3.00 bits per heavy atom. The maximum atomic E-state index is 12.6. The van der Waals surface area contributed by atoms with Gasteiger partial charge < -0.3 is 9.64 Å². The van der Waals surface area contributed by atoms with Gasteiger partial charge in [0.25, 0.3) is 5.91 Å². The number of piperidine rings is 1. The summed E-state index contributed by atoms with van der Waals surface area (Å²) in [5.74, 6) is 1.54. The summed E-state index contributed by atoms with van der Waals surface area (Å²) in [5.41, 5.74) is 1.76. The van der Waals surface area contributed by atoms with Crippen molar-refractivity contribution >= 4 is 5.91 Å². The molecule has 0 radical (unpaired) electrons. The molecule has 0 unspecified atom stereocenters. The standard InChI is InChI=1S/C17H23NO2/c1-4-6-14-11-15(8-9-16(14)20-3)17(19)18-10-5-7-13(2)12-18/h4,8-9,11,13H,1,5-7,10,12H2,2-3H3/t13-/m0/s1. The normalized spacial score (nSPS) is 18.7. The first kappa shape index (κ1) is 14.6. The minimum absolute atomic E-state index is 0.129. The molecule has 108 valence electrons.